The largest absolute Gasteiger partial charge is 0.333 e. The van der Waals surface area contributed by atoms with Gasteiger partial charge >= 0.3 is 0 Å². The first kappa shape index (κ1) is 15.2. The summed E-state index contributed by atoms with van der Waals surface area (Å²) in [4.78, 5) is 33.3. The smallest absolute Gasteiger partial charge is 0.255 e. The molecule has 4 rings (SSSR count). The fraction of sp³-hybridized carbons (Fsp3) is 0.438. The highest BCUT2D eigenvalue weighted by atomic mass is 32.1. The number of amides is 2. The van der Waals surface area contributed by atoms with Crippen molar-refractivity contribution in [1.82, 2.24) is 25.0 Å². The van der Waals surface area contributed by atoms with Gasteiger partial charge in [-0.15, -0.1) is 11.3 Å². The summed E-state index contributed by atoms with van der Waals surface area (Å²) in [6.07, 6.45) is 4.18. The van der Waals surface area contributed by atoms with Crippen molar-refractivity contribution in [3.05, 3.63) is 40.1 Å². The molecule has 0 spiro atoms. The van der Waals surface area contributed by atoms with Gasteiger partial charge in [-0.25, -0.2) is 4.98 Å². The molecule has 7 nitrogen and oxygen atoms in total. The molecule has 2 amide bonds. The summed E-state index contributed by atoms with van der Waals surface area (Å²) in [5, 5.41) is 10.5. The number of rotatable bonds is 3. The topological polar surface area (TPSA) is 79.3 Å². The molecule has 0 radical (unpaired) electrons. The lowest BCUT2D eigenvalue weighted by molar-refractivity contribution is -0.129. The van der Waals surface area contributed by atoms with E-state index in [9.17, 15) is 9.59 Å². The van der Waals surface area contributed by atoms with Crippen LogP contribution in [0.4, 0.5) is 0 Å². The van der Waals surface area contributed by atoms with Crippen molar-refractivity contribution < 1.29 is 9.59 Å². The lowest BCUT2D eigenvalue weighted by Gasteiger charge is -2.25. The van der Waals surface area contributed by atoms with Gasteiger partial charge in [-0.05, 0) is 19.4 Å². The molecular weight excluding hydrogens is 326 g/mol. The molecule has 2 aliphatic rings. The highest BCUT2D eigenvalue weighted by molar-refractivity contribution is 7.09. The average Bonchev–Trinajstić information content (AvgIpc) is 3.26. The third-order valence-electron chi connectivity index (χ3n) is 4.71. The first-order valence-electron chi connectivity index (χ1n) is 7.91. The van der Waals surface area contributed by atoms with Crippen LogP contribution in [0.5, 0.6) is 0 Å². The minimum absolute atomic E-state index is 0.0575. The number of carbonyl (C=O) groups is 2. The first-order chi connectivity index (χ1) is 11.6. The molecular formula is C16H17N5O2S. The van der Waals surface area contributed by atoms with E-state index in [1.54, 1.807) is 17.4 Å². The van der Waals surface area contributed by atoms with Gasteiger partial charge in [-0.3, -0.25) is 9.59 Å². The predicted molar refractivity (Wildman–Crippen MR) is 87.3 cm³/mol. The number of aromatic nitrogens is 3. The number of thiazole rings is 1. The Kier molecular flexibility index (Phi) is 3.76. The van der Waals surface area contributed by atoms with Crippen molar-refractivity contribution in [3.8, 4) is 0 Å². The third kappa shape index (κ3) is 2.56. The average molecular weight is 343 g/mol. The molecule has 4 heterocycles. The quantitative estimate of drug-likeness (QED) is 0.838. The lowest BCUT2D eigenvalue weighted by atomic mass is 10.1. The summed E-state index contributed by atoms with van der Waals surface area (Å²) < 4.78 is 0. The Hall–Kier alpha value is -2.35. The third-order valence-corrected chi connectivity index (χ3v) is 5.53. The SMILES string of the molecule is Cc1nc(CN2C(=O)C[C@@H]3[C@@H]2CCN3C(=O)c2ccnnc2)cs1. The number of nitrogens with zero attached hydrogens (tertiary/aromatic N) is 5. The van der Waals surface area contributed by atoms with E-state index in [4.69, 9.17) is 0 Å². The Bertz CT molecular complexity index is 778. The lowest BCUT2D eigenvalue weighted by Crippen LogP contribution is -2.39. The number of fused-ring (bicyclic) bond motifs is 1. The Morgan fingerprint density at radius 2 is 2.25 bits per heavy atom. The Balaban J connectivity index is 1.52. The maximum absolute atomic E-state index is 12.7. The number of hydrogen-bond acceptors (Lipinski definition) is 6. The second kappa shape index (κ2) is 5.94. The molecule has 0 unspecified atom stereocenters. The summed E-state index contributed by atoms with van der Waals surface area (Å²) in [6.45, 7) is 3.15. The maximum Gasteiger partial charge on any atom is 0.255 e. The standard InChI is InChI=1S/C16H17N5O2S/c1-10-19-12(9-24-10)8-21-13-3-5-20(14(13)6-15(21)22)16(23)11-2-4-17-18-7-11/h2,4,7,9,13-14H,3,5-6,8H2,1H3/t13-,14+/m0/s1. The van der Waals surface area contributed by atoms with Crippen molar-refractivity contribution in [3.63, 3.8) is 0 Å². The molecule has 8 heteroatoms. The molecule has 0 aromatic carbocycles. The molecule has 0 saturated carbocycles. The molecule has 0 N–H and O–H groups in total. The summed E-state index contributed by atoms with van der Waals surface area (Å²) in [7, 11) is 0. The monoisotopic (exact) mass is 343 g/mol. The molecule has 24 heavy (non-hydrogen) atoms. The summed E-state index contributed by atoms with van der Waals surface area (Å²) >= 11 is 1.59. The van der Waals surface area contributed by atoms with Gasteiger partial charge in [0.1, 0.15) is 0 Å². The summed E-state index contributed by atoms with van der Waals surface area (Å²) in [5.74, 6) is 0.0255. The van der Waals surface area contributed by atoms with Crippen molar-refractivity contribution in [2.75, 3.05) is 6.54 Å². The zero-order valence-corrected chi connectivity index (χ0v) is 14.1. The van der Waals surface area contributed by atoms with E-state index in [0.29, 0.717) is 25.1 Å². The van der Waals surface area contributed by atoms with E-state index in [0.717, 1.165) is 17.1 Å². The van der Waals surface area contributed by atoms with Gasteiger partial charge in [0, 0.05) is 18.3 Å². The predicted octanol–water partition coefficient (Wildman–Crippen LogP) is 1.26. The van der Waals surface area contributed by atoms with Crippen LogP contribution < -0.4 is 0 Å². The number of likely N-dealkylation sites (tertiary alicyclic amines) is 2. The molecule has 2 aliphatic heterocycles. The second-order valence-electron chi connectivity index (χ2n) is 6.14. The van der Waals surface area contributed by atoms with Crippen LogP contribution in [0, 0.1) is 6.92 Å². The Morgan fingerprint density at radius 1 is 1.38 bits per heavy atom. The normalized spacial score (nSPS) is 23.0. The highest BCUT2D eigenvalue weighted by Crippen LogP contribution is 2.34. The van der Waals surface area contributed by atoms with Crippen LogP contribution in [0.2, 0.25) is 0 Å². The molecule has 0 aliphatic carbocycles. The Morgan fingerprint density at radius 3 is 2.96 bits per heavy atom. The van der Waals surface area contributed by atoms with Gasteiger partial charge in [0.15, 0.2) is 0 Å². The van der Waals surface area contributed by atoms with E-state index in [2.05, 4.69) is 15.2 Å². The van der Waals surface area contributed by atoms with Gasteiger partial charge in [0.25, 0.3) is 5.91 Å². The van der Waals surface area contributed by atoms with Crippen molar-refractivity contribution >= 4 is 23.2 Å². The molecule has 0 bridgehead atoms. The van der Waals surface area contributed by atoms with Crippen LogP contribution in [0.1, 0.15) is 33.9 Å². The van der Waals surface area contributed by atoms with E-state index in [1.807, 2.05) is 22.1 Å². The van der Waals surface area contributed by atoms with Crippen LogP contribution in [-0.4, -0.2) is 55.4 Å². The minimum atomic E-state index is -0.0726. The van der Waals surface area contributed by atoms with Crippen LogP contribution in [0.25, 0.3) is 0 Å². The van der Waals surface area contributed by atoms with Crippen LogP contribution >= 0.6 is 11.3 Å². The van der Waals surface area contributed by atoms with Crippen molar-refractivity contribution in [2.45, 2.75) is 38.4 Å². The van der Waals surface area contributed by atoms with Gasteiger partial charge in [0.2, 0.25) is 5.91 Å². The van der Waals surface area contributed by atoms with Gasteiger partial charge in [-0.2, -0.15) is 10.2 Å². The van der Waals surface area contributed by atoms with Crippen LogP contribution in [0.3, 0.4) is 0 Å². The fourth-order valence-electron chi connectivity index (χ4n) is 3.62. The van der Waals surface area contributed by atoms with E-state index in [-0.39, 0.29) is 23.9 Å². The molecule has 124 valence electrons. The van der Waals surface area contributed by atoms with E-state index in [1.165, 1.54) is 12.4 Å². The van der Waals surface area contributed by atoms with E-state index < -0.39 is 0 Å². The zero-order chi connectivity index (χ0) is 16.7. The summed E-state index contributed by atoms with van der Waals surface area (Å²) in [5.41, 5.74) is 1.45. The molecule has 2 aromatic rings. The molecule has 2 atom stereocenters. The van der Waals surface area contributed by atoms with Gasteiger partial charge in [0.05, 0.1) is 47.3 Å². The minimum Gasteiger partial charge on any atom is -0.333 e. The maximum atomic E-state index is 12.7. The number of carbonyl (C=O) groups excluding carboxylic acids is 2. The first-order valence-corrected chi connectivity index (χ1v) is 8.79. The second-order valence-corrected chi connectivity index (χ2v) is 7.20. The van der Waals surface area contributed by atoms with Gasteiger partial charge in [-0.1, -0.05) is 0 Å². The highest BCUT2D eigenvalue weighted by Gasteiger charge is 2.48. The zero-order valence-electron chi connectivity index (χ0n) is 13.3. The van der Waals surface area contributed by atoms with Crippen LogP contribution in [-0.2, 0) is 11.3 Å². The van der Waals surface area contributed by atoms with Gasteiger partial charge < -0.3 is 9.80 Å². The summed E-state index contributed by atoms with van der Waals surface area (Å²) in [6, 6.07) is 1.69. The molecule has 2 saturated heterocycles. The molecule has 2 aromatic heterocycles. The Labute approximate surface area is 143 Å². The molecule has 2 fully saturated rings. The fourth-order valence-corrected chi connectivity index (χ4v) is 4.23. The number of hydrogen-bond donors (Lipinski definition) is 0. The van der Waals surface area contributed by atoms with Crippen LogP contribution in [0.15, 0.2) is 23.8 Å². The van der Waals surface area contributed by atoms with Crippen molar-refractivity contribution in [1.29, 1.82) is 0 Å². The van der Waals surface area contributed by atoms with Crippen molar-refractivity contribution in [2.24, 2.45) is 0 Å². The number of aryl methyl sites for hydroxylation is 1. The van der Waals surface area contributed by atoms with E-state index >= 15 is 0 Å².